The zero-order valence-electron chi connectivity index (χ0n) is 11.7. The second-order valence-corrected chi connectivity index (χ2v) is 4.95. The summed E-state index contributed by atoms with van der Waals surface area (Å²) in [5, 5.41) is 3.39. The summed E-state index contributed by atoms with van der Waals surface area (Å²) in [5.41, 5.74) is 2.42. The molecule has 0 aromatic heterocycles. The van der Waals surface area contributed by atoms with E-state index < -0.39 is 0 Å². The molecule has 0 spiro atoms. The van der Waals surface area contributed by atoms with Gasteiger partial charge in [-0.1, -0.05) is 26.0 Å². The Labute approximate surface area is 110 Å². The van der Waals surface area contributed by atoms with E-state index in [1.807, 2.05) is 0 Å². The lowest BCUT2D eigenvalue weighted by Crippen LogP contribution is -2.30. The molecule has 1 aromatic carbocycles. The van der Waals surface area contributed by atoms with Crippen LogP contribution >= 0.6 is 0 Å². The summed E-state index contributed by atoms with van der Waals surface area (Å²) >= 11 is 0. The second kappa shape index (κ2) is 6.10. The molecule has 100 valence electrons. The molecule has 0 saturated carbocycles. The van der Waals surface area contributed by atoms with Crippen molar-refractivity contribution in [1.29, 1.82) is 0 Å². The van der Waals surface area contributed by atoms with Crippen molar-refractivity contribution in [1.82, 2.24) is 4.90 Å². The van der Waals surface area contributed by atoms with Crippen LogP contribution in [-0.4, -0.2) is 31.1 Å². The predicted molar refractivity (Wildman–Crippen MR) is 76.3 cm³/mol. The molecule has 0 amide bonds. The molecule has 18 heavy (non-hydrogen) atoms. The number of hydrogen-bond donors (Lipinski definition) is 1. The number of nitrogens with one attached hydrogen (secondary N) is 1. The Hall–Kier alpha value is -1.22. The van der Waals surface area contributed by atoms with E-state index in [0.717, 1.165) is 31.1 Å². The van der Waals surface area contributed by atoms with E-state index >= 15 is 0 Å². The lowest BCUT2D eigenvalue weighted by molar-refractivity contribution is 0.217. The number of rotatable bonds is 5. The van der Waals surface area contributed by atoms with Crippen LogP contribution in [0.5, 0.6) is 5.75 Å². The summed E-state index contributed by atoms with van der Waals surface area (Å²) in [6.07, 6.45) is 2.39. The Bertz CT molecular complexity index is 388. The van der Waals surface area contributed by atoms with Gasteiger partial charge in [-0.15, -0.1) is 0 Å². The molecule has 1 aliphatic rings. The van der Waals surface area contributed by atoms with E-state index in [2.05, 4.69) is 49.3 Å². The maximum Gasteiger partial charge on any atom is 0.146 e. The van der Waals surface area contributed by atoms with Gasteiger partial charge in [0.05, 0.1) is 5.69 Å². The molecule has 0 fully saturated rings. The zero-order chi connectivity index (χ0) is 13.0. The van der Waals surface area contributed by atoms with Gasteiger partial charge < -0.3 is 10.1 Å². The number of hydrogen-bond acceptors (Lipinski definition) is 3. The van der Waals surface area contributed by atoms with Gasteiger partial charge in [-0.05, 0) is 26.0 Å². The normalized spacial score (nSPS) is 14.3. The molecule has 2 rings (SSSR count). The lowest BCUT2D eigenvalue weighted by Gasteiger charge is -2.28. The molecular formula is C15H24N2O. The first-order chi connectivity index (χ1) is 8.76. The highest BCUT2D eigenvalue weighted by atomic mass is 16.5. The SMILES string of the molecule is CCC(CC)N(C)Cc1cccc2c1OCCN2. The van der Waals surface area contributed by atoms with E-state index in [9.17, 15) is 0 Å². The lowest BCUT2D eigenvalue weighted by atomic mass is 10.1. The Balaban J connectivity index is 2.14. The van der Waals surface area contributed by atoms with E-state index in [-0.39, 0.29) is 0 Å². The van der Waals surface area contributed by atoms with Crippen LogP contribution in [0, 0.1) is 0 Å². The minimum Gasteiger partial charge on any atom is -0.489 e. The molecule has 0 unspecified atom stereocenters. The Morgan fingerprint density at radius 3 is 2.83 bits per heavy atom. The minimum atomic E-state index is 0.650. The first-order valence-electron chi connectivity index (χ1n) is 6.95. The quantitative estimate of drug-likeness (QED) is 0.866. The molecule has 1 heterocycles. The molecule has 1 aromatic rings. The van der Waals surface area contributed by atoms with Crippen LogP contribution in [0.3, 0.4) is 0 Å². The summed E-state index contributed by atoms with van der Waals surface area (Å²) < 4.78 is 5.81. The highest BCUT2D eigenvalue weighted by Crippen LogP contribution is 2.32. The predicted octanol–water partition coefficient (Wildman–Crippen LogP) is 3.11. The molecule has 0 saturated heterocycles. The van der Waals surface area contributed by atoms with Crippen molar-refractivity contribution in [3.63, 3.8) is 0 Å². The standard InChI is InChI=1S/C15H24N2O/c1-4-13(5-2)17(3)11-12-7-6-8-14-15(12)18-10-9-16-14/h6-8,13,16H,4-5,9-11H2,1-3H3. The third-order valence-corrected chi connectivity index (χ3v) is 3.75. The summed E-state index contributed by atoms with van der Waals surface area (Å²) in [6, 6.07) is 7.02. The number of ether oxygens (including phenoxy) is 1. The molecule has 1 aliphatic heterocycles. The van der Waals surface area contributed by atoms with Crippen molar-refractivity contribution < 1.29 is 4.74 Å². The fraction of sp³-hybridized carbons (Fsp3) is 0.600. The topological polar surface area (TPSA) is 24.5 Å². The monoisotopic (exact) mass is 248 g/mol. The third kappa shape index (κ3) is 2.78. The summed E-state index contributed by atoms with van der Waals surface area (Å²) in [4.78, 5) is 2.42. The summed E-state index contributed by atoms with van der Waals surface area (Å²) in [5.74, 6) is 1.04. The summed E-state index contributed by atoms with van der Waals surface area (Å²) in [7, 11) is 2.20. The van der Waals surface area contributed by atoms with E-state index in [4.69, 9.17) is 4.74 Å². The number of fused-ring (bicyclic) bond motifs is 1. The molecule has 0 bridgehead atoms. The average molecular weight is 248 g/mol. The minimum absolute atomic E-state index is 0.650. The van der Waals surface area contributed by atoms with Gasteiger partial charge in [-0.3, -0.25) is 4.90 Å². The fourth-order valence-corrected chi connectivity index (χ4v) is 2.67. The van der Waals surface area contributed by atoms with Crippen molar-refractivity contribution in [2.75, 3.05) is 25.5 Å². The van der Waals surface area contributed by atoms with Crippen LogP contribution in [0.25, 0.3) is 0 Å². The molecule has 0 aliphatic carbocycles. The first kappa shape index (κ1) is 13.2. The van der Waals surface area contributed by atoms with E-state index in [0.29, 0.717) is 6.04 Å². The van der Waals surface area contributed by atoms with Crippen molar-refractivity contribution in [3.05, 3.63) is 23.8 Å². The van der Waals surface area contributed by atoms with Gasteiger partial charge in [0.25, 0.3) is 0 Å². The van der Waals surface area contributed by atoms with Crippen LogP contribution < -0.4 is 10.1 Å². The summed E-state index contributed by atoms with van der Waals surface area (Å²) in [6.45, 7) is 7.13. The van der Waals surface area contributed by atoms with Crippen LogP contribution in [0.2, 0.25) is 0 Å². The molecule has 3 heteroatoms. The van der Waals surface area contributed by atoms with Gasteiger partial charge in [-0.25, -0.2) is 0 Å². The van der Waals surface area contributed by atoms with Crippen LogP contribution in [0.15, 0.2) is 18.2 Å². The Morgan fingerprint density at radius 2 is 2.11 bits per heavy atom. The average Bonchev–Trinajstić information content (AvgIpc) is 2.40. The number of benzene rings is 1. The van der Waals surface area contributed by atoms with Crippen molar-refractivity contribution in [3.8, 4) is 5.75 Å². The van der Waals surface area contributed by atoms with Crippen LogP contribution in [-0.2, 0) is 6.54 Å². The van der Waals surface area contributed by atoms with Crippen molar-refractivity contribution in [2.45, 2.75) is 39.3 Å². The van der Waals surface area contributed by atoms with Gasteiger partial charge in [0, 0.05) is 24.7 Å². The van der Waals surface area contributed by atoms with Crippen LogP contribution in [0.1, 0.15) is 32.3 Å². The smallest absolute Gasteiger partial charge is 0.146 e. The molecular weight excluding hydrogens is 224 g/mol. The maximum atomic E-state index is 5.81. The van der Waals surface area contributed by atoms with Gasteiger partial charge in [-0.2, -0.15) is 0 Å². The Kier molecular flexibility index (Phi) is 4.48. The molecule has 3 nitrogen and oxygen atoms in total. The Morgan fingerprint density at radius 1 is 1.33 bits per heavy atom. The largest absolute Gasteiger partial charge is 0.489 e. The van der Waals surface area contributed by atoms with Gasteiger partial charge in [0.15, 0.2) is 0 Å². The first-order valence-corrected chi connectivity index (χ1v) is 6.95. The molecule has 0 atom stereocenters. The highest BCUT2D eigenvalue weighted by Gasteiger charge is 2.17. The van der Waals surface area contributed by atoms with Crippen molar-refractivity contribution in [2.24, 2.45) is 0 Å². The second-order valence-electron chi connectivity index (χ2n) is 4.95. The van der Waals surface area contributed by atoms with Gasteiger partial charge in [0.2, 0.25) is 0 Å². The molecule has 1 N–H and O–H groups in total. The highest BCUT2D eigenvalue weighted by molar-refractivity contribution is 5.61. The maximum absolute atomic E-state index is 5.81. The third-order valence-electron chi connectivity index (χ3n) is 3.75. The molecule has 0 radical (unpaired) electrons. The van der Waals surface area contributed by atoms with E-state index in [1.165, 1.54) is 18.4 Å². The zero-order valence-corrected chi connectivity index (χ0v) is 11.7. The number of nitrogens with zero attached hydrogens (tertiary/aromatic N) is 1. The van der Waals surface area contributed by atoms with Gasteiger partial charge in [0.1, 0.15) is 12.4 Å². The van der Waals surface area contributed by atoms with E-state index in [1.54, 1.807) is 0 Å². The van der Waals surface area contributed by atoms with Crippen molar-refractivity contribution >= 4 is 5.69 Å². The fourth-order valence-electron chi connectivity index (χ4n) is 2.67. The number of para-hydroxylation sites is 1. The van der Waals surface area contributed by atoms with Gasteiger partial charge >= 0.3 is 0 Å². The number of anilines is 1. The van der Waals surface area contributed by atoms with Crippen LogP contribution in [0.4, 0.5) is 5.69 Å².